The monoisotopic (exact) mass is 436 g/mol. The van der Waals surface area contributed by atoms with Gasteiger partial charge in [0.25, 0.3) is 0 Å². The molecule has 1 amide bonds. The number of aryl methyl sites for hydroxylation is 2. The van der Waals surface area contributed by atoms with Crippen LogP contribution in [-0.2, 0) is 14.8 Å². The molecule has 0 aromatic heterocycles. The van der Waals surface area contributed by atoms with Crippen molar-refractivity contribution in [3.63, 3.8) is 0 Å². The Morgan fingerprint density at radius 1 is 1.00 bits per heavy atom. The standard InChI is InChI=1S/C21H28N2O6S/c1-15-6-7-18(12-16(15)2)29-11-10-22-21(24)14-23(30(5,25)26)19-13-17(27-3)8-9-20(19)28-4/h6-9,12-13H,10-11,14H2,1-5H3,(H,22,24). The molecule has 2 aromatic rings. The molecule has 1 N–H and O–H groups in total. The van der Waals surface area contributed by atoms with E-state index in [-0.39, 0.29) is 18.8 Å². The molecule has 9 heteroatoms. The van der Waals surface area contributed by atoms with Gasteiger partial charge in [-0.2, -0.15) is 0 Å². The largest absolute Gasteiger partial charge is 0.497 e. The number of sulfonamides is 1. The van der Waals surface area contributed by atoms with Crippen LogP contribution in [0.1, 0.15) is 11.1 Å². The molecule has 0 aliphatic carbocycles. The molecule has 0 spiro atoms. The maximum atomic E-state index is 12.4. The Balaban J connectivity index is 2.02. The minimum atomic E-state index is -3.75. The van der Waals surface area contributed by atoms with Crippen molar-refractivity contribution in [2.75, 3.05) is 44.5 Å². The van der Waals surface area contributed by atoms with Gasteiger partial charge in [0.1, 0.15) is 30.4 Å². The van der Waals surface area contributed by atoms with E-state index in [1.165, 1.54) is 25.8 Å². The first-order valence-electron chi connectivity index (χ1n) is 9.32. The topological polar surface area (TPSA) is 94.2 Å². The van der Waals surface area contributed by atoms with Crippen molar-refractivity contribution in [3.8, 4) is 17.2 Å². The van der Waals surface area contributed by atoms with Gasteiger partial charge in [-0.1, -0.05) is 6.07 Å². The fourth-order valence-corrected chi connectivity index (χ4v) is 3.57. The summed E-state index contributed by atoms with van der Waals surface area (Å²) in [5, 5.41) is 2.68. The lowest BCUT2D eigenvalue weighted by atomic mass is 10.1. The Morgan fingerprint density at radius 3 is 2.30 bits per heavy atom. The lowest BCUT2D eigenvalue weighted by molar-refractivity contribution is -0.119. The summed E-state index contributed by atoms with van der Waals surface area (Å²) in [7, 11) is -0.850. The highest BCUT2D eigenvalue weighted by Crippen LogP contribution is 2.33. The Bertz CT molecular complexity index is 991. The molecule has 2 aromatic carbocycles. The quantitative estimate of drug-likeness (QED) is 0.575. The summed E-state index contributed by atoms with van der Waals surface area (Å²) in [6.45, 7) is 4.11. The van der Waals surface area contributed by atoms with Crippen LogP contribution in [0.5, 0.6) is 17.2 Å². The highest BCUT2D eigenvalue weighted by atomic mass is 32.2. The van der Waals surface area contributed by atoms with E-state index in [2.05, 4.69) is 5.32 Å². The fraction of sp³-hybridized carbons (Fsp3) is 0.381. The van der Waals surface area contributed by atoms with Crippen molar-refractivity contribution in [3.05, 3.63) is 47.5 Å². The van der Waals surface area contributed by atoms with Crippen molar-refractivity contribution in [2.24, 2.45) is 0 Å². The van der Waals surface area contributed by atoms with Gasteiger partial charge in [-0.3, -0.25) is 9.10 Å². The molecule has 0 bridgehead atoms. The zero-order valence-electron chi connectivity index (χ0n) is 17.9. The fourth-order valence-electron chi connectivity index (χ4n) is 2.72. The van der Waals surface area contributed by atoms with Gasteiger partial charge in [0.05, 0.1) is 32.7 Å². The molecule has 0 radical (unpaired) electrons. The van der Waals surface area contributed by atoms with Gasteiger partial charge in [-0.15, -0.1) is 0 Å². The van der Waals surface area contributed by atoms with Crippen LogP contribution in [0.2, 0.25) is 0 Å². The van der Waals surface area contributed by atoms with E-state index < -0.39 is 22.5 Å². The summed E-state index contributed by atoms with van der Waals surface area (Å²) in [6, 6.07) is 10.5. The van der Waals surface area contributed by atoms with Gasteiger partial charge in [-0.05, 0) is 49.2 Å². The number of hydrogen-bond donors (Lipinski definition) is 1. The summed E-state index contributed by atoms with van der Waals surface area (Å²) in [5.41, 5.74) is 2.51. The lowest BCUT2D eigenvalue weighted by Crippen LogP contribution is -2.41. The average Bonchev–Trinajstić information content (AvgIpc) is 2.70. The van der Waals surface area contributed by atoms with Crippen LogP contribution in [-0.4, -0.2) is 54.5 Å². The van der Waals surface area contributed by atoms with Crippen LogP contribution in [0.3, 0.4) is 0 Å². The molecular weight excluding hydrogens is 408 g/mol. The zero-order chi connectivity index (χ0) is 22.3. The first kappa shape index (κ1) is 23.3. The molecule has 2 rings (SSSR count). The molecule has 0 fully saturated rings. The van der Waals surface area contributed by atoms with Crippen LogP contribution in [0.4, 0.5) is 5.69 Å². The highest BCUT2D eigenvalue weighted by Gasteiger charge is 2.24. The van der Waals surface area contributed by atoms with E-state index >= 15 is 0 Å². The van der Waals surface area contributed by atoms with Crippen LogP contribution < -0.4 is 23.8 Å². The van der Waals surface area contributed by atoms with E-state index in [0.29, 0.717) is 17.2 Å². The summed E-state index contributed by atoms with van der Waals surface area (Å²) < 4.78 is 41.7. The number of carbonyl (C=O) groups excluding carboxylic acids is 1. The summed E-state index contributed by atoms with van der Waals surface area (Å²) in [6.07, 6.45) is 1.03. The van der Waals surface area contributed by atoms with Crippen molar-refractivity contribution in [1.29, 1.82) is 0 Å². The predicted octanol–water partition coefficient (Wildman–Crippen LogP) is 2.28. The van der Waals surface area contributed by atoms with Crippen LogP contribution in [0, 0.1) is 13.8 Å². The Kier molecular flexibility index (Phi) is 7.93. The lowest BCUT2D eigenvalue weighted by Gasteiger charge is -2.24. The molecule has 30 heavy (non-hydrogen) atoms. The number of nitrogens with zero attached hydrogens (tertiary/aromatic N) is 1. The Labute approximate surface area is 177 Å². The highest BCUT2D eigenvalue weighted by molar-refractivity contribution is 7.92. The van der Waals surface area contributed by atoms with Gasteiger partial charge in [0.2, 0.25) is 15.9 Å². The first-order valence-corrected chi connectivity index (χ1v) is 11.2. The number of amides is 1. The van der Waals surface area contributed by atoms with Crippen molar-refractivity contribution < 1.29 is 27.4 Å². The third kappa shape index (κ3) is 6.28. The molecule has 0 saturated heterocycles. The third-order valence-corrected chi connectivity index (χ3v) is 5.64. The first-order chi connectivity index (χ1) is 14.2. The molecule has 0 aliphatic heterocycles. The van der Waals surface area contributed by atoms with Gasteiger partial charge in [-0.25, -0.2) is 8.42 Å². The van der Waals surface area contributed by atoms with Crippen LogP contribution in [0.25, 0.3) is 0 Å². The number of methoxy groups -OCH3 is 2. The second-order valence-electron chi connectivity index (χ2n) is 6.75. The number of anilines is 1. The molecular formula is C21H28N2O6S. The molecule has 0 saturated carbocycles. The van der Waals surface area contributed by atoms with Gasteiger partial charge in [0.15, 0.2) is 0 Å². The zero-order valence-corrected chi connectivity index (χ0v) is 18.7. The summed E-state index contributed by atoms with van der Waals surface area (Å²) in [5.74, 6) is 1.01. The van der Waals surface area contributed by atoms with E-state index in [1.807, 2.05) is 32.0 Å². The van der Waals surface area contributed by atoms with Crippen LogP contribution in [0.15, 0.2) is 36.4 Å². The Hall–Kier alpha value is -2.94. The molecule has 0 heterocycles. The number of benzene rings is 2. The minimum absolute atomic E-state index is 0.223. The number of ether oxygens (including phenoxy) is 3. The summed E-state index contributed by atoms with van der Waals surface area (Å²) in [4.78, 5) is 12.4. The van der Waals surface area contributed by atoms with Gasteiger partial charge in [0, 0.05) is 6.07 Å². The number of nitrogens with one attached hydrogen (secondary N) is 1. The molecule has 0 atom stereocenters. The maximum Gasteiger partial charge on any atom is 0.240 e. The molecule has 8 nitrogen and oxygen atoms in total. The SMILES string of the molecule is COc1ccc(OC)c(N(CC(=O)NCCOc2ccc(C)c(C)c2)S(C)(=O)=O)c1. The molecule has 0 unspecified atom stereocenters. The number of carbonyl (C=O) groups is 1. The second-order valence-corrected chi connectivity index (χ2v) is 8.66. The van der Waals surface area contributed by atoms with E-state index in [0.717, 1.165) is 16.1 Å². The van der Waals surface area contributed by atoms with E-state index in [9.17, 15) is 13.2 Å². The average molecular weight is 437 g/mol. The van der Waals surface area contributed by atoms with Gasteiger partial charge < -0.3 is 19.5 Å². The Morgan fingerprint density at radius 2 is 1.70 bits per heavy atom. The predicted molar refractivity (Wildman–Crippen MR) is 116 cm³/mol. The molecule has 0 aliphatic rings. The summed E-state index contributed by atoms with van der Waals surface area (Å²) >= 11 is 0. The van der Waals surface area contributed by atoms with Crippen molar-refractivity contribution >= 4 is 21.6 Å². The van der Waals surface area contributed by atoms with Crippen molar-refractivity contribution in [1.82, 2.24) is 5.32 Å². The normalized spacial score (nSPS) is 11.0. The molecule has 164 valence electrons. The van der Waals surface area contributed by atoms with Crippen LogP contribution >= 0.6 is 0 Å². The van der Waals surface area contributed by atoms with Crippen molar-refractivity contribution in [2.45, 2.75) is 13.8 Å². The number of hydrogen-bond acceptors (Lipinski definition) is 6. The minimum Gasteiger partial charge on any atom is -0.497 e. The van der Waals surface area contributed by atoms with Gasteiger partial charge >= 0.3 is 0 Å². The maximum absolute atomic E-state index is 12.4. The third-order valence-electron chi connectivity index (χ3n) is 4.51. The second kappa shape index (κ2) is 10.2. The van der Waals surface area contributed by atoms with E-state index in [4.69, 9.17) is 14.2 Å². The smallest absolute Gasteiger partial charge is 0.240 e. The van der Waals surface area contributed by atoms with E-state index in [1.54, 1.807) is 12.1 Å². The number of rotatable bonds is 10.